The van der Waals surface area contributed by atoms with Crippen molar-refractivity contribution in [3.63, 3.8) is 0 Å². The van der Waals surface area contributed by atoms with E-state index >= 15 is 0 Å². The Morgan fingerprint density at radius 2 is 1.73 bits per heavy atom. The number of carbonyl (C=O) groups is 4. The average Bonchev–Trinajstić information content (AvgIpc) is 3.68. The van der Waals surface area contributed by atoms with Crippen molar-refractivity contribution in [3.8, 4) is 0 Å². The number of aromatic amines is 1. The van der Waals surface area contributed by atoms with Crippen molar-refractivity contribution < 1.29 is 28.4 Å². The summed E-state index contributed by atoms with van der Waals surface area (Å²) in [6.07, 6.45) is 10.9. The number of amides is 2. The molecule has 1 aromatic heterocycles. The molecule has 4 heterocycles. The summed E-state index contributed by atoms with van der Waals surface area (Å²) in [4.78, 5) is 60.1. The van der Waals surface area contributed by atoms with E-state index in [9.17, 15) is 19.2 Å². The number of nitrogens with one attached hydrogen (secondary N) is 1. The number of rotatable bonds is 12. The van der Waals surface area contributed by atoms with Crippen molar-refractivity contribution in [1.82, 2.24) is 24.9 Å². The van der Waals surface area contributed by atoms with Gasteiger partial charge in [-0.25, -0.2) is 0 Å². The monoisotopic (exact) mass is 751 g/mol. The lowest BCUT2D eigenvalue weighted by Gasteiger charge is -2.45. The molecule has 55 heavy (non-hydrogen) atoms. The van der Waals surface area contributed by atoms with Crippen LogP contribution in [0.4, 0.5) is 0 Å². The number of piperidine rings is 2. The minimum atomic E-state index is -0.465. The number of nitrogens with zero attached hydrogens (tertiary/aromatic N) is 5. The SMILES string of the molecule is CCCCC(=O)OC[N+]1(C)CCC(N2CCN(C(=O)[C@H](CC(=O)N3CCC(C4=Cc5ccccc5CC4=O)CC3)Cc3cc(C)c4[nH]ncc4c3)CC2)CC1. The Hall–Kier alpha value is -4.35. The van der Waals surface area contributed by atoms with Crippen molar-refractivity contribution in [2.24, 2.45) is 11.8 Å². The summed E-state index contributed by atoms with van der Waals surface area (Å²) in [5, 5.41) is 8.30. The fourth-order valence-electron chi connectivity index (χ4n) is 9.30. The van der Waals surface area contributed by atoms with Gasteiger partial charge >= 0.3 is 5.97 Å². The normalized spacial score (nSPS) is 23.0. The number of esters is 1. The summed E-state index contributed by atoms with van der Waals surface area (Å²) in [5.74, 6) is -0.142. The van der Waals surface area contributed by atoms with Crippen LogP contribution in [0.2, 0.25) is 0 Å². The molecule has 3 saturated heterocycles. The van der Waals surface area contributed by atoms with Crippen LogP contribution in [0, 0.1) is 18.8 Å². The Balaban J connectivity index is 0.960. The molecule has 3 aromatic rings. The molecule has 0 unspecified atom stereocenters. The van der Waals surface area contributed by atoms with Gasteiger partial charge in [0.25, 0.3) is 0 Å². The highest BCUT2D eigenvalue weighted by Gasteiger charge is 2.37. The van der Waals surface area contributed by atoms with Crippen LogP contribution in [0.15, 0.2) is 48.2 Å². The number of fused-ring (bicyclic) bond motifs is 2. The van der Waals surface area contributed by atoms with Crippen molar-refractivity contribution in [2.45, 2.75) is 84.1 Å². The number of ether oxygens (including phenoxy) is 1. The molecule has 1 aliphatic carbocycles. The summed E-state index contributed by atoms with van der Waals surface area (Å²) in [5.41, 5.74) is 6.21. The molecule has 0 saturated carbocycles. The maximum Gasteiger partial charge on any atom is 0.310 e. The first-order valence-corrected chi connectivity index (χ1v) is 20.6. The van der Waals surface area contributed by atoms with Crippen LogP contribution in [0.3, 0.4) is 0 Å². The predicted octanol–water partition coefficient (Wildman–Crippen LogP) is 5.31. The zero-order chi connectivity index (χ0) is 38.5. The molecule has 0 bridgehead atoms. The molecule has 0 radical (unpaired) electrons. The van der Waals surface area contributed by atoms with Crippen LogP contribution in [0.25, 0.3) is 17.0 Å². The van der Waals surface area contributed by atoms with E-state index in [1.165, 1.54) is 0 Å². The van der Waals surface area contributed by atoms with Gasteiger partial charge in [0.15, 0.2) is 5.78 Å². The highest BCUT2D eigenvalue weighted by Crippen LogP contribution is 2.33. The van der Waals surface area contributed by atoms with Gasteiger partial charge in [0.1, 0.15) is 0 Å². The summed E-state index contributed by atoms with van der Waals surface area (Å²) in [6, 6.07) is 12.8. The molecule has 4 aliphatic rings. The number of hydrogen-bond donors (Lipinski definition) is 1. The molecule has 2 aromatic carbocycles. The lowest BCUT2D eigenvalue weighted by Crippen LogP contribution is -2.59. The number of Topliss-reactive ketones (excluding diaryl/α,β-unsaturated/α-hetero) is 1. The topological polar surface area (TPSA) is 116 Å². The molecular weight excluding hydrogens is 693 g/mol. The van der Waals surface area contributed by atoms with Crippen molar-refractivity contribution >= 4 is 40.5 Å². The smallest absolute Gasteiger partial charge is 0.310 e. The lowest BCUT2D eigenvalue weighted by atomic mass is 9.80. The summed E-state index contributed by atoms with van der Waals surface area (Å²) >= 11 is 0. The number of benzene rings is 2. The second-order valence-electron chi connectivity index (χ2n) is 16.8. The average molecular weight is 752 g/mol. The quantitative estimate of drug-likeness (QED) is 0.197. The summed E-state index contributed by atoms with van der Waals surface area (Å²) in [6.45, 7) is 10.6. The zero-order valence-electron chi connectivity index (χ0n) is 33.1. The fourth-order valence-corrected chi connectivity index (χ4v) is 9.30. The van der Waals surface area contributed by atoms with E-state index in [1.54, 1.807) is 0 Å². The molecule has 11 nitrogen and oxygen atoms in total. The molecule has 2 amide bonds. The molecular formula is C44H59N6O5+. The standard InChI is InChI=1S/C44H59N6O5/c1-4-5-10-42(53)55-30-50(3)21-13-38(14-22-50)47-17-19-49(20-18-47)44(54)36(24-32-23-31(2)43-37(25-32)29-45-46-43)28-41(52)48-15-11-33(12-16-48)39-26-34-8-6-7-9-35(34)27-40(39)51/h6-9,23,25-26,29,33,36,38H,4-5,10-22,24,27-28,30H2,1-3H3,(H,45,46)/q+1/t36-,38?,50?/m0/s1. The van der Waals surface area contributed by atoms with Crippen LogP contribution in [0.5, 0.6) is 0 Å². The van der Waals surface area contributed by atoms with Crippen molar-refractivity contribution in [1.29, 1.82) is 0 Å². The minimum absolute atomic E-state index is 0.0188. The third kappa shape index (κ3) is 9.21. The van der Waals surface area contributed by atoms with Gasteiger partial charge < -0.3 is 14.5 Å². The molecule has 11 heteroatoms. The summed E-state index contributed by atoms with van der Waals surface area (Å²) < 4.78 is 6.39. The number of likely N-dealkylation sites (tertiary alicyclic amines) is 2. The molecule has 0 spiro atoms. The maximum atomic E-state index is 14.4. The Morgan fingerprint density at radius 1 is 0.982 bits per heavy atom. The highest BCUT2D eigenvalue weighted by molar-refractivity contribution is 6.04. The van der Waals surface area contributed by atoms with Gasteiger partial charge in [-0.15, -0.1) is 0 Å². The maximum absolute atomic E-state index is 14.4. The van der Waals surface area contributed by atoms with E-state index in [2.05, 4.69) is 53.3 Å². The number of piperazine rings is 1. The van der Waals surface area contributed by atoms with E-state index in [1.807, 2.05) is 41.1 Å². The fraction of sp³-hybridized carbons (Fsp3) is 0.568. The van der Waals surface area contributed by atoms with E-state index < -0.39 is 5.92 Å². The third-order valence-electron chi connectivity index (χ3n) is 12.8. The van der Waals surface area contributed by atoms with Crippen molar-refractivity contribution in [2.75, 3.05) is 66.1 Å². The van der Waals surface area contributed by atoms with E-state index in [0.29, 0.717) is 58.2 Å². The van der Waals surface area contributed by atoms with Gasteiger partial charge in [0.2, 0.25) is 18.5 Å². The first-order chi connectivity index (χ1) is 26.6. The van der Waals surface area contributed by atoms with Crippen molar-refractivity contribution in [3.05, 3.63) is 70.4 Å². The second kappa shape index (κ2) is 17.2. The zero-order valence-corrected chi connectivity index (χ0v) is 33.1. The number of quaternary nitrogens is 1. The van der Waals surface area contributed by atoms with E-state index in [0.717, 1.165) is 108 Å². The number of carbonyl (C=O) groups excluding carboxylic acids is 4. The third-order valence-corrected chi connectivity index (χ3v) is 12.8. The van der Waals surface area contributed by atoms with Crippen LogP contribution >= 0.6 is 0 Å². The van der Waals surface area contributed by atoms with Crippen LogP contribution < -0.4 is 0 Å². The Morgan fingerprint density at radius 3 is 2.47 bits per heavy atom. The number of aromatic nitrogens is 2. The van der Waals surface area contributed by atoms with Gasteiger partial charge in [0, 0.05) is 82.8 Å². The molecule has 1 N–H and O–H groups in total. The van der Waals surface area contributed by atoms with Crippen LogP contribution in [0.1, 0.15) is 80.5 Å². The molecule has 3 fully saturated rings. The Kier molecular flexibility index (Phi) is 12.2. The molecule has 3 aliphatic heterocycles. The Bertz CT molecular complexity index is 1890. The number of aryl methyl sites for hydroxylation is 1. The molecule has 294 valence electrons. The lowest BCUT2D eigenvalue weighted by molar-refractivity contribution is -0.930. The summed E-state index contributed by atoms with van der Waals surface area (Å²) in [7, 11) is 2.18. The van der Waals surface area contributed by atoms with E-state index in [4.69, 9.17) is 4.74 Å². The number of H-pyrrole nitrogens is 1. The highest BCUT2D eigenvalue weighted by atomic mass is 16.5. The van der Waals surface area contributed by atoms with Gasteiger partial charge in [0.05, 0.1) is 37.8 Å². The number of allylic oxidation sites excluding steroid dienone is 1. The van der Waals surface area contributed by atoms with Gasteiger partial charge in [-0.05, 0) is 78.5 Å². The van der Waals surface area contributed by atoms with Gasteiger partial charge in [-0.2, -0.15) is 5.10 Å². The Labute approximate surface area is 325 Å². The largest absolute Gasteiger partial charge is 0.415 e. The van der Waals surface area contributed by atoms with Crippen LogP contribution in [-0.4, -0.2) is 125 Å². The second-order valence-corrected chi connectivity index (χ2v) is 16.8. The minimum Gasteiger partial charge on any atom is -0.415 e. The first-order valence-electron chi connectivity index (χ1n) is 20.6. The molecule has 7 rings (SSSR count). The first kappa shape index (κ1) is 38.9. The predicted molar refractivity (Wildman–Crippen MR) is 213 cm³/mol. The number of ketones is 1. The number of unbranched alkanes of at least 4 members (excludes halogenated alkanes) is 1. The molecule has 1 atom stereocenters. The number of hydrogen-bond acceptors (Lipinski definition) is 7. The van der Waals surface area contributed by atoms with E-state index in [-0.39, 0.29) is 35.9 Å². The van der Waals surface area contributed by atoms with Gasteiger partial charge in [-0.3, -0.25) is 33.7 Å². The van der Waals surface area contributed by atoms with Crippen LogP contribution in [-0.2, 0) is 36.8 Å². The van der Waals surface area contributed by atoms with Gasteiger partial charge in [-0.1, -0.05) is 43.7 Å².